The fourth-order valence-corrected chi connectivity index (χ4v) is 3.09. The number of aromatic amines is 1. The molecular formula is C18H23N3O. The third-order valence-electron chi connectivity index (χ3n) is 4.15. The number of likely N-dealkylation sites (tertiary alicyclic amines) is 1. The Morgan fingerprint density at radius 1 is 1.36 bits per heavy atom. The van der Waals surface area contributed by atoms with Crippen LogP contribution in [-0.2, 0) is 4.79 Å². The number of imidazole rings is 1. The number of nitrogens with zero attached hydrogens (tertiary/aromatic N) is 2. The van der Waals surface area contributed by atoms with Crippen molar-refractivity contribution in [1.82, 2.24) is 14.9 Å². The van der Waals surface area contributed by atoms with Crippen molar-refractivity contribution < 1.29 is 4.79 Å². The minimum atomic E-state index is 0.101. The minimum absolute atomic E-state index is 0.101. The maximum atomic E-state index is 12.4. The lowest BCUT2D eigenvalue weighted by Crippen LogP contribution is -2.31. The molecule has 1 aliphatic rings. The number of hydrogen-bond donors (Lipinski definition) is 1. The molecule has 0 aliphatic carbocycles. The van der Waals surface area contributed by atoms with Gasteiger partial charge in [-0.3, -0.25) is 4.79 Å². The van der Waals surface area contributed by atoms with Gasteiger partial charge < -0.3 is 9.88 Å². The van der Waals surface area contributed by atoms with Gasteiger partial charge in [-0.05, 0) is 24.3 Å². The van der Waals surface area contributed by atoms with Gasteiger partial charge in [0.2, 0.25) is 5.91 Å². The van der Waals surface area contributed by atoms with Crippen LogP contribution in [0.15, 0.2) is 36.5 Å². The monoisotopic (exact) mass is 297 g/mol. The number of amides is 1. The van der Waals surface area contributed by atoms with E-state index < -0.39 is 0 Å². The summed E-state index contributed by atoms with van der Waals surface area (Å²) in [6, 6.07) is 10.3. The minimum Gasteiger partial charge on any atom is -0.340 e. The van der Waals surface area contributed by atoms with Crippen LogP contribution < -0.4 is 0 Å². The summed E-state index contributed by atoms with van der Waals surface area (Å²) in [5, 5.41) is 0. The van der Waals surface area contributed by atoms with Gasteiger partial charge in [0.05, 0.1) is 17.9 Å². The Kier molecular flexibility index (Phi) is 4.27. The summed E-state index contributed by atoms with van der Waals surface area (Å²) >= 11 is 0. The molecule has 1 aliphatic heterocycles. The molecule has 1 fully saturated rings. The van der Waals surface area contributed by atoms with Crippen molar-refractivity contribution in [2.45, 2.75) is 39.2 Å². The van der Waals surface area contributed by atoms with Crippen molar-refractivity contribution in [3.63, 3.8) is 0 Å². The summed E-state index contributed by atoms with van der Waals surface area (Å²) in [6.45, 7) is 5.02. The Morgan fingerprint density at radius 2 is 2.14 bits per heavy atom. The molecule has 0 bridgehead atoms. The van der Waals surface area contributed by atoms with Crippen molar-refractivity contribution in [3.8, 4) is 11.3 Å². The molecule has 1 atom stereocenters. The van der Waals surface area contributed by atoms with Crippen LogP contribution in [0.1, 0.15) is 45.0 Å². The van der Waals surface area contributed by atoms with E-state index >= 15 is 0 Å². The quantitative estimate of drug-likeness (QED) is 0.933. The summed E-state index contributed by atoms with van der Waals surface area (Å²) in [5.74, 6) is 1.55. The lowest BCUT2D eigenvalue weighted by Gasteiger charge is -2.24. The zero-order chi connectivity index (χ0) is 15.5. The molecule has 1 aromatic carbocycles. The molecule has 2 aromatic rings. The average molecular weight is 297 g/mol. The number of benzene rings is 1. The number of aromatic nitrogens is 2. The van der Waals surface area contributed by atoms with E-state index in [1.54, 1.807) is 0 Å². The number of rotatable bonds is 4. The van der Waals surface area contributed by atoms with Gasteiger partial charge in [0.25, 0.3) is 0 Å². The number of hydrogen-bond acceptors (Lipinski definition) is 2. The highest BCUT2D eigenvalue weighted by Gasteiger charge is 2.31. The van der Waals surface area contributed by atoms with Crippen LogP contribution >= 0.6 is 0 Å². The van der Waals surface area contributed by atoms with Gasteiger partial charge in [-0.25, -0.2) is 4.98 Å². The van der Waals surface area contributed by atoms with Crippen LogP contribution in [0, 0.1) is 5.92 Å². The molecule has 1 amide bonds. The van der Waals surface area contributed by atoms with Crippen LogP contribution in [0.2, 0.25) is 0 Å². The van der Waals surface area contributed by atoms with Gasteiger partial charge in [0, 0.05) is 13.0 Å². The second-order valence-electron chi connectivity index (χ2n) is 6.39. The summed E-state index contributed by atoms with van der Waals surface area (Å²) in [7, 11) is 0. The molecule has 116 valence electrons. The van der Waals surface area contributed by atoms with E-state index in [1.165, 1.54) is 0 Å². The predicted octanol–water partition coefficient (Wildman–Crippen LogP) is 3.79. The van der Waals surface area contributed by atoms with E-state index in [4.69, 9.17) is 0 Å². The molecule has 1 aromatic heterocycles. The second-order valence-corrected chi connectivity index (χ2v) is 6.39. The van der Waals surface area contributed by atoms with Crippen molar-refractivity contribution in [3.05, 3.63) is 42.4 Å². The van der Waals surface area contributed by atoms with E-state index in [1.807, 2.05) is 29.3 Å². The first-order valence-electron chi connectivity index (χ1n) is 8.05. The zero-order valence-electron chi connectivity index (χ0n) is 13.2. The van der Waals surface area contributed by atoms with Crippen LogP contribution in [0.5, 0.6) is 0 Å². The standard InChI is InChI=1S/C18H23N3O/c1-13(2)11-17(22)21-10-6-9-16(21)18-19-12-15(20-18)14-7-4-3-5-8-14/h3-5,7-8,12-13,16H,6,9-11H2,1-2H3,(H,19,20)/t16-/m0/s1. The Balaban J connectivity index is 1.79. The number of H-pyrrole nitrogens is 1. The topological polar surface area (TPSA) is 49.0 Å². The fourth-order valence-electron chi connectivity index (χ4n) is 3.09. The van der Waals surface area contributed by atoms with Crippen LogP contribution in [-0.4, -0.2) is 27.3 Å². The first-order valence-corrected chi connectivity index (χ1v) is 8.05. The third kappa shape index (κ3) is 3.06. The molecule has 22 heavy (non-hydrogen) atoms. The van der Waals surface area contributed by atoms with Crippen molar-refractivity contribution in [2.24, 2.45) is 5.92 Å². The molecule has 0 spiro atoms. The summed E-state index contributed by atoms with van der Waals surface area (Å²) in [4.78, 5) is 22.3. The fraction of sp³-hybridized carbons (Fsp3) is 0.444. The molecule has 2 heterocycles. The smallest absolute Gasteiger partial charge is 0.223 e. The van der Waals surface area contributed by atoms with Gasteiger partial charge in [-0.1, -0.05) is 44.2 Å². The predicted molar refractivity (Wildman–Crippen MR) is 87.2 cm³/mol. The molecular weight excluding hydrogens is 274 g/mol. The largest absolute Gasteiger partial charge is 0.340 e. The molecule has 0 radical (unpaired) electrons. The summed E-state index contributed by atoms with van der Waals surface area (Å²) in [6.07, 6.45) is 4.53. The van der Waals surface area contributed by atoms with Crippen LogP contribution in [0.4, 0.5) is 0 Å². The molecule has 1 N–H and O–H groups in total. The molecule has 3 rings (SSSR count). The third-order valence-corrected chi connectivity index (χ3v) is 4.15. The van der Waals surface area contributed by atoms with E-state index in [9.17, 15) is 4.79 Å². The molecule has 4 heteroatoms. The highest BCUT2D eigenvalue weighted by molar-refractivity contribution is 5.77. The van der Waals surface area contributed by atoms with E-state index in [2.05, 4.69) is 35.9 Å². The normalized spacial score (nSPS) is 18.1. The first kappa shape index (κ1) is 14.8. The number of carbonyl (C=O) groups is 1. The second kappa shape index (κ2) is 6.34. The van der Waals surface area contributed by atoms with Gasteiger partial charge in [-0.15, -0.1) is 0 Å². The summed E-state index contributed by atoms with van der Waals surface area (Å²) in [5.41, 5.74) is 2.14. The van der Waals surface area contributed by atoms with Crippen molar-refractivity contribution in [1.29, 1.82) is 0 Å². The first-order chi connectivity index (χ1) is 10.6. The molecule has 4 nitrogen and oxygen atoms in total. The highest BCUT2D eigenvalue weighted by atomic mass is 16.2. The highest BCUT2D eigenvalue weighted by Crippen LogP contribution is 2.32. The average Bonchev–Trinajstić information content (AvgIpc) is 3.16. The van der Waals surface area contributed by atoms with Crippen molar-refractivity contribution >= 4 is 5.91 Å². The maximum absolute atomic E-state index is 12.4. The Hall–Kier alpha value is -2.10. The van der Waals surface area contributed by atoms with Gasteiger partial charge in [-0.2, -0.15) is 0 Å². The Labute approximate surface area is 131 Å². The van der Waals surface area contributed by atoms with Gasteiger partial charge in [0.15, 0.2) is 0 Å². The summed E-state index contributed by atoms with van der Waals surface area (Å²) < 4.78 is 0. The Bertz CT molecular complexity index is 633. The molecule has 0 saturated carbocycles. The SMILES string of the molecule is CC(C)CC(=O)N1CCC[C@H]1c1ncc(-c2ccccc2)[nH]1. The lowest BCUT2D eigenvalue weighted by atomic mass is 10.1. The van der Waals surface area contributed by atoms with Crippen LogP contribution in [0.3, 0.4) is 0 Å². The number of carbonyl (C=O) groups excluding carboxylic acids is 1. The van der Waals surface area contributed by atoms with E-state index in [-0.39, 0.29) is 11.9 Å². The maximum Gasteiger partial charge on any atom is 0.223 e. The zero-order valence-corrected chi connectivity index (χ0v) is 13.2. The van der Waals surface area contributed by atoms with Crippen LogP contribution in [0.25, 0.3) is 11.3 Å². The van der Waals surface area contributed by atoms with Gasteiger partial charge in [0.1, 0.15) is 5.82 Å². The van der Waals surface area contributed by atoms with Gasteiger partial charge >= 0.3 is 0 Å². The lowest BCUT2D eigenvalue weighted by molar-refractivity contribution is -0.133. The molecule has 1 saturated heterocycles. The van der Waals surface area contributed by atoms with E-state index in [0.717, 1.165) is 36.5 Å². The number of nitrogens with one attached hydrogen (secondary N) is 1. The molecule has 0 unspecified atom stereocenters. The van der Waals surface area contributed by atoms with E-state index in [0.29, 0.717) is 12.3 Å². The Morgan fingerprint density at radius 3 is 2.86 bits per heavy atom. The van der Waals surface area contributed by atoms with Crippen molar-refractivity contribution in [2.75, 3.05) is 6.54 Å².